The Balaban J connectivity index is 2.09. The second-order valence-corrected chi connectivity index (χ2v) is 4.69. The van der Waals surface area contributed by atoms with Gasteiger partial charge in [0.25, 0.3) is 0 Å². The van der Waals surface area contributed by atoms with Crippen LogP contribution < -0.4 is 10.6 Å². The average Bonchev–Trinajstić information content (AvgIpc) is 2.86. The van der Waals surface area contributed by atoms with Crippen LogP contribution in [-0.2, 0) is 16.0 Å². The smallest absolute Gasteiger partial charge is 0.315 e. The summed E-state index contributed by atoms with van der Waals surface area (Å²) in [4.78, 5) is 23.8. The summed E-state index contributed by atoms with van der Waals surface area (Å²) in [5.41, 5.74) is 2.57. The molecule has 0 saturated heterocycles. The monoisotopic (exact) mass is 287 g/mol. The molecule has 2 amide bonds. The van der Waals surface area contributed by atoms with E-state index >= 15 is 0 Å². The molecule has 6 heteroatoms. The summed E-state index contributed by atoms with van der Waals surface area (Å²) >= 11 is 0. The molecular weight excluding hydrogens is 270 g/mol. The minimum Gasteiger partial charge on any atom is -0.360 e. The summed E-state index contributed by atoms with van der Waals surface area (Å²) in [7, 11) is 0. The lowest BCUT2D eigenvalue weighted by molar-refractivity contribution is -0.133. The quantitative estimate of drug-likeness (QED) is 0.849. The fraction of sp³-hybridized carbons (Fsp3) is 0.267. The summed E-state index contributed by atoms with van der Waals surface area (Å²) in [5.74, 6) is -0.751. The predicted octanol–water partition coefficient (Wildman–Crippen LogP) is 2.43. The van der Waals surface area contributed by atoms with Crippen LogP contribution >= 0.6 is 0 Å². The number of nitrogens with one attached hydrogen (secondary N) is 2. The Morgan fingerprint density at radius 3 is 2.52 bits per heavy atom. The summed E-state index contributed by atoms with van der Waals surface area (Å²) in [6.45, 7) is 5.57. The third-order valence-corrected chi connectivity index (χ3v) is 3.05. The van der Waals surface area contributed by atoms with Crippen molar-refractivity contribution in [1.29, 1.82) is 0 Å². The van der Waals surface area contributed by atoms with Gasteiger partial charge in [0.2, 0.25) is 0 Å². The number of anilines is 2. The topological polar surface area (TPSA) is 84.2 Å². The minimum atomic E-state index is -0.784. The molecule has 1 aromatic carbocycles. The van der Waals surface area contributed by atoms with E-state index in [0.29, 0.717) is 11.4 Å². The number of para-hydroxylation sites is 1. The third-order valence-electron chi connectivity index (χ3n) is 3.05. The number of carbonyl (C=O) groups excluding carboxylic acids is 2. The van der Waals surface area contributed by atoms with Gasteiger partial charge < -0.3 is 9.84 Å². The van der Waals surface area contributed by atoms with Gasteiger partial charge in [0.15, 0.2) is 5.82 Å². The van der Waals surface area contributed by atoms with E-state index in [1.807, 2.05) is 32.0 Å². The molecule has 0 bridgehead atoms. The molecule has 0 aliphatic carbocycles. The van der Waals surface area contributed by atoms with Gasteiger partial charge >= 0.3 is 11.8 Å². The minimum absolute atomic E-state index is 0.216. The fourth-order valence-electron chi connectivity index (χ4n) is 1.97. The molecule has 0 atom stereocenters. The number of amides is 2. The molecule has 1 heterocycles. The van der Waals surface area contributed by atoms with Crippen LogP contribution in [0.15, 0.2) is 28.8 Å². The van der Waals surface area contributed by atoms with Crippen molar-refractivity contribution in [3.05, 3.63) is 41.2 Å². The maximum atomic E-state index is 12.0. The highest BCUT2D eigenvalue weighted by molar-refractivity contribution is 6.43. The molecule has 1 aromatic heterocycles. The zero-order valence-electron chi connectivity index (χ0n) is 12.2. The molecule has 21 heavy (non-hydrogen) atoms. The highest BCUT2D eigenvalue weighted by Crippen LogP contribution is 2.21. The van der Waals surface area contributed by atoms with E-state index in [-0.39, 0.29) is 5.82 Å². The van der Waals surface area contributed by atoms with Crippen molar-refractivity contribution in [3.63, 3.8) is 0 Å². The van der Waals surface area contributed by atoms with Crippen molar-refractivity contribution in [3.8, 4) is 0 Å². The van der Waals surface area contributed by atoms with Crippen molar-refractivity contribution in [2.24, 2.45) is 0 Å². The zero-order chi connectivity index (χ0) is 15.4. The van der Waals surface area contributed by atoms with Crippen LogP contribution in [0.3, 0.4) is 0 Å². The molecule has 0 spiro atoms. The third kappa shape index (κ3) is 3.47. The van der Waals surface area contributed by atoms with Crippen LogP contribution in [0, 0.1) is 13.8 Å². The lowest BCUT2D eigenvalue weighted by atomic mass is 10.1. The van der Waals surface area contributed by atoms with Crippen molar-refractivity contribution >= 4 is 23.3 Å². The number of hydrogen-bond acceptors (Lipinski definition) is 4. The molecule has 0 fully saturated rings. The largest absolute Gasteiger partial charge is 0.360 e. The van der Waals surface area contributed by atoms with Gasteiger partial charge in [-0.15, -0.1) is 0 Å². The average molecular weight is 287 g/mol. The molecule has 0 unspecified atom stereocenters. The standard InChI is InChI=1S/C15H17N3O3/c1-4-11-7-5-6-9(2)13(11)17-15(20)14(19)16-12-8-10(3)21-18-12/h5-8H,4H2,1-3H3,(H,17,20)(H,16,18,19). The first-order valence-electron chi connectivity index (χ1n) is 6.65. The molecule has 0 aliphatic heterocycles. The Morgan fingerprint density at radius 2 is 1.90 bits per heavy atom. The van der Waals surface area contributed by atoms with Gasteiger partial charge in [-0.1, -0.05) is 30.3 Å². The number of aryl methyl sites for hydroxylation is 3. The SMILES string of the molecule is CCc1cccc(C)c1NC(=O)C(=O)Nc1cc(C)on1. The maximum Gasteiger partial charge on any atom is 0.315 e. The number of hydrogen-bond donors (Lipinski definition) is 2. The first-order chi connectivity index (χ1) is 10.0. The maximum absolute atomic E-state index is 12.0. The van der Waals surface area contributed by atoms with Crippen LogP contribution in [0.5, 0.6) is 0 Å². The van der Waals surface area contributed by atoms with Gasteiger partial charge in [0, 0.05) is 11.8 Å². The van der Waals surface area contributed by atoms with Crippen LogP contribution in [0.25, 0.3) is 0 Å². The van der Waals surface area contributed by atoms with E-state index in [2.05, 4.69) is 15.8 Å². The lowest BCUT2D eigenvalue weighted by Crippen LogP contribution is -2.29. The molecule has 6 nitrogen and oxygen atoms in total. The van der Waals surface area contributed by atoms with E-state index in [1.54, 1.807) is 6.92 Å². The van der Waals surface area contributed by atoms with E-state index in [9.17, 15) is 9.59 Å². The highest BCUT2D eigenvalue weighted by atomic mass is 16.5. The Morgan fingerprint density at radius 1 is 1.19 bits per heavy atom. The summed E-state index contributed by atoms with van der Waals surface area (Å²) < 4.78 is 4.82. The molecule has 0 aliphatic rings. The van der Waals surface area contributed by atoms with Crippen molar-refractivity contribution in [2.75, 3.05) is 10.6 Å². The van der Waals surface area contributed by atoms with Crippen LogP contribution in [-0.4, -0.2) is 17.0 Å². The van der Waals surface area contributed by atoms with Crippen LogP contribution in [0.2, 0.25) is 0 Å². The first-order valence-corrected chi connectivity index (χ1v) is 6.65. The number of aromatic nitrogens is 1. The summed E-state index contributed by atoms with van der Waals surface area (Å²) in [5, 5.41) is 8.64. The molecule has 2 N–H and O–H groups in total. The fourth-order valence-corrected chi connectivity index (χ4v) is 1.97. The Bertz CT molecular complexity index is 677. The van der Waals surface area contributed by atoms with Gasteiger partial charge in [-0.25, -0.2) is 0 Å². The van der Waals surface area contributed by atoms with E-state index in [4.69, 9.17) is 4.52 Å². The number of benzene rings is 1. The van der Waals surface area contributed by atoms with Gasteiger partial charge in [0.1, 0.15) is 5.76 Å². The van der Waals surface area contributed by atoms with Gasteiger partial charge in [-0.2, -0.15) is 0 Å². The Kier molecular flexibility index (Phi) is 4.37. The van der Waals surface area contributed by atoms with Gasteiger partial charge in [-0.3, -0.25) is 14.9 Å². The predicted molar refractivity (Wildman–Crippen MR) is 79.1 cm³/mol. The van der Waals surface area contributed by atoms with Crippen molar-refractivity contribution in [2.45, 2.75) is 27.2 Å². The number of nitrogens with zero attached hydrogens (tertiary/aromatic N) is 1. The summed E-state index contributed by atoms with van der Waals surface area (Å²) in [6.07, 6.45) is 0.765. The Labute approximate surface area is 122 Å². The first kappa shape index (κ1) is 14.8. The van der Waals surface area contributed by atoms with E-state index in [1.165, 1.54) is 6.07 Å². The second-order valence-electron chi connectivity index (χ2n) is 4.69. The molecule has 0 radical (unpaired) electrons. The molecule has 110 valence electrons. The number of rotatable bonds is 3. The van der Waals surface area contributed by atoms with Gasteiger partial charge in [0.05, 0.1) is 0 Å². The molecule has 0 saturated carbocycles. The zero-order valence-corrected chi connectivity index (χ0v) is 12.2. The normalized spacial score (nSPS) is 10.2. The number of carbonyl (C=O) groups is 2. The summed E-state index contributed by atoms with van der Waals surface area (Å²) in [6, 6.07) is 7.26. The Hall–Kier alpha value is -2.63. The second kappa shape index (κ2) is 6.21. The van der Waals surface area contributed by atoms with Crippen LogP contribution in [0.1, 0.15) is 23.8 Å². The molecule has 2 rings (SSSR count). The van der Waals surface area contributed by atoms with Crippen molar-refractivity contribution in [1.82, 2.24) is 5.16 Å². The van der Waals surface area contributed by atoms with E-state index < -0.39 is 11.8 Å². The molecular formula is C15H17N3O3. The molecule has 2 aromatic rings. The lowest BCUT2D eigenvalue weighted by Gasteiger charge is -2.12. The van der Waals surface area contributed by atoms with Gasteiger partial charge in [-0.05, 0) is 31.4 Å². The van der Waals surface area contributed by atoms with Crippen LogP contribution in [0.4, 0.5) is 11.5 Å². The van der Waals surface area contributed by atoms with E-state index in [0.717, 1.165) is 17.5 Å². The highest BCUT2D eigenvalue weighted by Gasteiger charge is 2.17. The van der Waals surface area contributed by atoms with Crippen molar-refractivity contribution < 1.29 is 14.1 Å².